The predicted octanol–water partition coefficient (Wildman–Crippen LogP) is 2.90. The quantitative estimate of drug-likeness (QED) is 0.916. The number of fused-ring (bicyclic) bond motifs is 1. The molecule has 1 unspecified atom stereocenters. The van der Waals surface area contributed by atoms with Gasteiger partial charge in [0.05, 0.1) is 7.11 Å². The number of methoxy groups -OCH3 is 1. The van der Waals surface area contributed by atoms with Crippen molar-refractivity contribution in [3.05, 3.63) is 53.7 Å². The molecule has 0 saturated carbocycles. The van der Waals surface area contributed by atoms with Crippen LogP contribution in [-0.2, 0) is 13.0 Å². The molecule has 1 aromatic heterocycles. The third-order valence-corrected chi connectivity index (χ3v) is 4.74. The highest BCUT2D eigenvalue weighted by Crippen LogP contribution is 2.36. The summed E-state index contributed by atoms with van der Waals surface area (Å²) in [6, 6.07) is 12.6. The first kappa shape index (κ1) is 13.5. The number of ether oxygens (including phenoxy) is 1. The molecule has 1 aliphatic heterocycles. The molecule has 0 radical (unpaired) electrons. The van der Waals surface area contributed by atoms with Crippen LogP contribution in [-0.4, -0.2) is 23.9 Å². The molecule has 4 heteroatoms. The van der Waals surface area contributed by atoms with E-state index in [0.29, 0.717) is 11.1 Å². The van der Waals surface area contributed by atoms with Crippen molar-refractivity contribution < 1.29 is 4.74 Å². The molecule has 2 aromatic rings. The molecule has 3 rings (SSSR count). The van der Waals surface area contributed by atoms with Crippen LogP contribution in [0, 0.1) is 0 Å². The van der Waals surface area contributed by atoms with Crippen LogP contribution in [0.3, 0.4) is 0 Å². The highest BCUT2D eigenvalue weighted by atomic mass is 32.2. The zero-order chi connectivity index (χ0) is 13.8. The highest BCUT2D eigenvalue weighted by Gasteiger charge is 2.20. The van der Waals surface area contributed by atoms with E-state index in [1.165, 1.54) is 16.0 Å². The lowest BCUT2D eigenvalue weighted by Gasteiger charge is -2.10. The maximum atomic E-state index is 5.06. The summed E-state index contributed by atoms with van der Waals surface area (Å²) in [7, 11) is 1.63. The Morgan fingerprint density at radius 1 is 1.30 bits per heavy atom. The zero-order valence-corrected chi connectivity index (χ0v) is 12.3. The van der Waals surface area contributed by atoms with Crippen molar-refractivity contribution in [3.63, 3.8) is 0 Å². The van der Waals surface area contributed by atoms with Gasteiger partial charge >= 0.3 is 0 Å². The first-order valence-corrected chi connectivity index (χ1v) is 7.67. The van der Waals surface area contributed by atoms with E-state index in [-0.39, 0.29) is 0 Å². The Kier molecular flexibility index (Phi) is 4.23. The Balaban J connectivity index is 1.47. The predicted molar refractivity (Wildman–Crippen MR) is 82.3 cm³/mol. The molecule has 3 nitrogen and oxygen atoms in total. The summed E-state index contributed by atoms with van der Waals surface area (Å²) in [5, 5.41) is 4.15. The van der Waals surface area contributed by atoms with E-state index in [1.54, 1.807) is 7.11 Å². The summed E-state index contributed by atoms with van der Waals surface area (Å²) >= 11 is 1.98. The number of thioether (sulfide) groups is 1. The van der Waals surface area contributed by atoms with E-state index in [4.69, 9.17) is 4.74 Å². The second-order valence-corrected chi connectivity index (χ2v) is 6.23. The summed E-state index contributed by atoms with van der Waals surface area (Å²) in [5.41, 5.74) is 2.67. The molecule has 1 atom stereocenters. The molecule has 0 aliphatic carbocycles. The topological polar surface area (TPSA) is 34.1 Å². The van der Waals surface area contributed by atoms with Crippen LogP contribution in [0.4, 0.5) is 0 Å². The first-order valence-electron chi connectivity index (χ1n) is 6.79. The van der Waals surface area contributed by atoms with Crippen LogP contribution in [0.1, 0.15) is 11.1 Å². The molecule has 0 amide bonds. The van der Waals surface area contributed by atoms with Crippen molar-refractivity contribution >= 4 is 11.8 Å². The van der Waals surface area contributed by atoms with Crippen molar-refractivity contribution in [2.75, 3.05) is 13.7 Å². The summed E-state index contributed by atoms with van der Waals surface area (Å²) in [5.74, 6) is 0.663. The molecule has 0 saturated heterocycles. The van der Waals surface area contributed by atoms with Crippen LogP contribution in [0.5, 0.6) is 5.88 Å². The lowest BCUT2D eigenvalue weighted by Crippen LogP contribution is -2.24. The molecule has 1 aromatic carbocycles. The Morgan fingerprint density at radius 3 is 2.95 bits per heavy atom. The summed E-state index contributed by atoms with van der Waals surface area (Å²) in [6.45, 7) is 1.87. The number of hydrogen-bond donors (Lipinski definition) is 1. The van der Waals surface area contributed by atoms with Crippen molar-refractivity contribution in [2.45, 2.75) is 23.1 Å². The minimum absolute atomic E-state index is 0.638. The number of hydrogen-bond acceptors (Lipinski definition) is 4. The monoisotopic (exact) mass is 286 g/mol. The molecule has 2 heterocycles. The summed E-state index contributed by atoms with van der Waals surface area (Å²) in [4.78, 5) is 5.65. The smallest absolute Gasteiger partial charge is 0.212 e. The Hall–Kier alpha value is -1.52. The van der Waals surface area contributed by atoms with E-state index in [0.717, 1.165) is 19.5 Å². The van der Waals surface area contributed by atoms with Gasteiger partial charge in [0.2, 0.25) is 5.88 Å². The number of benzene rings is 1. The van der Waals surface area contributed by atoms with Crippen LogP contribution >= 0.6 is 11.8 Å². The van der Waals surface area contributed by atoms with Gasteiger partial charge < -0.3 is 10.1 Å². The van der Waals surface area contributed by atoms with Gasteiger partial charge in [-0.25, -0.2) is 4.98 Å². The maximum absolute atomic E-state index is 5.06. The van der Waals surface area contributed by atoms with Gasteiger partial charge in [-0.2, -0.15) is 0 Å². The fourth-order valence-corrected chi connectivity index (χ4v) is 3.66. The second kappa shape index (κ2) is 6.29. The third kappa shape index (κ3) is 3.14. The average molecular weight is 286 g/mol. The van der Waals surface area contributed by atoms with Crippen LogP contribution in [0.2, 0.25) is 0 Å². The number of aromatic nitrogens is 1. The fourth-order valence-electron chi connectivity index (χ4n) is 2.38. The normalized spacial score (nSPS) is 16.9. The summed E-state index contributed by atoms with van der Waals surface area (Å²) < 4.78 is 5.06. The van der Waals surface area contributed by atoms with Gasteiger partial charge in [-0.05, 0) is 23.6 Å². The Bertz CT molecular complexity index is 546. The van der Waals surface area contributed by atoms with Gasteiger partial charge in [-0.1, -0.05) is 24.3 Å². The van der Waals surface area contributed by atoms with E-state index in [2.05, 4.69) is 40.6 Å². The van der Waals surface area contributed by atoms with E-state index >= 15 is 0 Å². The van der Waals surface area contributed by atoms with Gasteiger partial charge in [0.25, 0.3) is 0 Å². The molecule has 104 valence electrons. The second-order valence-electron chi connectivity index (χ2n) is 4.89. The zero-order valence-electron chi connectivity index (χ0n) is 11.5. The first-order chi connectivity index (χ1) is 9.85. The van der Waals surface area contributed by atoms with Gasteiger partial charge in [0.1, 0.15) is 0 Å². The largest absolute Gasteiger partial charge is 0.481 e. The van der Waals surface area contributed by atoms with Gasteiger partial charge in [0, 0.05) is 35.5 Å². The van der Waals surface area contributed by atoms with E-state index in [9.17, 15) is 0 Å². The lowest BCUT2D eigenvalue weighted by molar-refractivity contribution is 0.397. The minimum Gasteiger partial charge on any atom is -0.481 e. The van der Waals surface area contributed by atoms with E-state index < -0.39 is 0 Å². The number of rotatable bonds is 5. The molecular weight excluding hydrogens is 268 g/mol. The molecule has 1 N–H and O–H groups in total. The van der Waals surface area contributed by atoms with Crippen molar-refractivity contribution in [1.29, 1.82) is 0 Å². The third-order valence-electron chi connectivity index (χ3n) is 3.42. The number of nitrogens with one attached hydrogen (secondary N) is 1. The van der Waals surface area contributed by atoms with Crippen molar-refractivity contribution in [3.8, 4) is 5.88 Å². The molecule has 0 bridgehead atoms. The highest BCUT2D eigenvalue weighted by molar-refractivity contribution is 8.00. The fraction of sp³-hybridized carbons (Fsp3) is 0.312. The standard InChI is InChI=1S/C16H18N2OS/c1-19-16-7-6-12(10-18-16)9-17-11-14-8-13-4-2-3-5-15(13)20-14/h2-7,10,14,17H,8-9,11H2,1H3. The van der Waals surface area contributed by atoms with E-state index in [1.807, 2.05) is 24.0 Å². The van der Waals surface area contributed by atoms with Crippen LogP contribution in [0.25, 0.3) is 0 Å². The van der Waals surface area contributed by atoms with Gasteiger partial charge in [-0.15, -0.1) is 11.8 Å². The summed E-state index contributed by atoms with van der Waals surface area (Å²) in [6.07, 6.45) is 3.02. The molecule has 20 heavy (non-hydrogen) atoms. The molecular formula is C16H18N2OS. The molecule has 0 fully saturated rings. The van der Waals surface area contributed by atoms with Gasteiger partial charge in [-0.3, -0.25) is 0 Å². The maximum Gasteiger partial charge on any atom is 0.212 e. The SMILES string of the molecule is COc1ccc(CNCC2Cc3ccccc3S2)cn1. The molecule has 0 spiro atoms. The Labute approximate surface area is 123 Å². The van der Waals surface area contributed by atoms with Crippen LogP contribution in [0.15, 0.2) is 47.5 Å². The lowest BCUT2D eigenvalue weighted by atomic mass is 10.1. The van der Waals surface area contributed by atoms with Gasteiger partial charge in [0.15, 0.2) is 0 Å². The minimum atomic E-state index is 0.638. The number of pyridine rings is 1. The van der Waals surface area contributed by atoms with Crippen LogP contribution < -0.4 is 10.1 Å². The average Bonchev–Trinajstić information content (AvgIpc) is 2.90. The number of nitrogens with zero attached hydrogens (tertiary/aromatic N) is 1. The van der Waals surface area contributed by atoms with Crippen molar-refractivity contribution in [2.24, 2.45) is 0 Å². The van der Waals surface area contributed by atoms with Crippen molar-refractivity contribution in [1.82, 2.24) is 10.3 Å². The molecule has 1 aliphatic rings. The Morgan fingerprint density at radius 2 is 2.20 bits per heavy atom.